The van der Waals surface area contributed by atoms with Gasteiger partial charge < -0.3 is 0 Å². The summed E-state index contributed by atoms with van der Waals surface area (Å²) in [5.74, 6) is 0. The van der Waals surface area contributed by atoms with Crippen molar-refractivity contribution in [2.75, 3.05) is 0 Å². The summed E-state index contributed by atoms with van der Waals surface area (Å²) in [6, 6.07) is 11.5. The molecule has 2 aromatic rings. The first-order valence-electron chi connectivity index (χ1n) is 5.34. The van der Waals surface area contributed by atoms with Crippen molar-refractivity contribution < 1.29 is 0 Å². The zero-order valence-corrected chi connectivity index (χ0v) is 10.0. The van der Waals surface area contributed by atoms with Gasteiger partial charge in [-0.1, -0.05) is 25.3 Å². The quantitative estimate of drug-likeness (QED) is 0.774. The monoisotopic (exact) mass is 224 g/mol. The van der Waals surface area contributed by atoms with E-state index in [0.717, 1.165) is 17.0 Å². The molecule has 0 spiro atoms. The van der Waals surface area contributed by atoms with Crippen molar-refractivity contribution in [3.63, 3.8) is 0 Å². The van der Waals surface area contributed by atoms with Crippen molar-refractivity contribution >= 4 is 11.6 Å². The zero-order valence-electron chi connectivity index (χ0n) is 10.0. The highest BCUT2D eigenvalue weighted by atomic mass is 14.7. The summed E-state index contributed by atoms with van der Waals surface area (Å²) in [6.07, 6.45) is 5.24. The molecule has 0 aliphatic rings. The van der Waals surface area contributed by atoms with Crippen molar-refractivity contribution in [1.82, 2.24) is 9.97 Å². The van der Waals surface area contributed by atoms with E-state index in [1.165, 1.54) is 0 Å². The van der Waals surface area contributed by atoms with Crippen LogP contribution < -0.4 is 0 Å². The molecule has 0 aliphatic heterocycles. The molecule has 0 unspecified atom stereocenters. The molecule has 0 fully saturated rings. The lowest BCUT2D eigenvalue weighted by atomic mass is 10.2. The first-order chi connectivity index (χ1) is 8.24. The SMILES string of the molecule is C=C(C)c1ccccn1.C=Cc1ccccn1. The molecule has 0 saturated carbocycles. The van der Waals surface area contributed by atoms with E-state index in [1.54, 1.807) is 18.5 Å². The molecule has 0 radical (unpaired) electrons. The van der Waals surface area contributed by atoms with Crippen LogP contribution in [0.2, 0.25) is 0 Å². The highest BCUT2D eigenvalue weighted by Gasteiger charge is 1.88. The third-order valence-electron chi connectivity index (χ3n) is 2.00. The van der Waals surface area contributed by atoms with Crippen LogP contribution in [-0.4, -0.2) is 9.97 Å². The second-order valence-electron chi connectivity index (χ2n) is 3.45. The summed E-state index contributed by atoms with van der Waals surface area (Å²) >= 11 is 0. The summed E-state index contributed by atoms with van der Waals surface area (Å²) in [7, 11) is 0. The van der Waals surface area contributed by atoms with Crippen molar-refractivity contribution in [1.29, 1.82) is 0 Å². The Labute approximate surface area is 102 Å². The molecule has 2 heterocycles. The Morgan fingerprint density at radius 3 is 2.00 bits per heavy atom. The summed E-state index contributed by atoms with van der Waals surface area (Å²) < 4.78 is 0. The Morgan fingerprint density at radius 1 is 1.06 bits per heavy atom. The highest BCUT2D eigenvalue weighted by molar-refractivity contribution is 5.56. The minimum Gasteiger partial charge on any atom is -0.257 e. The van der Waals surface area contributed by atoms with Crippen LogP contribution in [0.5, 0.6) is 0 Å². The predicted octanol–water partition coefficient (Wildman–Crippen LogP) is 3.84. The van der Waals surface area contributed by atoms with Gasteiger partial charge in [-0.15, -0.1) is 0 Å². The molecule has 2 aromatic heterocycles. The number of hydrogen-bond acceptors (Lipinski definition) is 2. The predicted molar refractivity (Wildman–Crippen MR) is 73.3 cm³/mol. The van der Waals surface area contributed by atoms with E-state index in [0.29, 0.717) is 0 Å². The van der Waals surface area contributed by atoms with Crippen LogP contribution in [0.25, 0.3) is 11.6 Å². The summed E-state index contributed by atoms with van der Waals surface area (Å²) in [5, 5.41) is 0. The van der Waals surface area contributed by atoms with Crippen molar-refractivity contribution in [3.05, 3.63) is 73.3 Å². The number of rotatable bonds is 2. The van der Waals surface area contributed by atoms with E-state index in [4.69, 9.17) is 0 Å². The van der Waals surface area contributed by atoms with E-state index in [2.05, 4.69) is 23.1 Å². The largest absolute Gasteiger partial charge is 0.257 e. The van der Waals surface area contributed by atoms with E-state index in [1.807, 2.05) is 43.3 Å². The van der Waals surface area contributed by atoms with Crippen LogP contribution >= 0.6 is 0 Å². The molecule has 17 heavy (non-hydrogen) atoms. The molecule has 0 atom stereocenters. The molecule has 0 bridgehead atoms. The average molecular weight is 224 g/mol. The molecule has 2 heteroatoms. The number of hydrogen-bond donors (Lipinski definition) is 0. The fourth-order valence-electron chi connectivity index (χ4n) is 1.11. The maximum Gasteiger partial charge on any atom is 0.0652 e. The first kappa shape index (κ1) is 12.8. The van der Waals surface area contributed by atoms with Gasteiger partial charge in [0.25, 0.3) is 0 Å². The molecule has 86 valence electrons. The van der Waals surface area contributed by atoms with Gasteiger partial charge in [0.15, 0.2) is 0 Å². The smallest absolute Gasteiger partial charge is 0.0652 e. The second-order valence-corrected chi connectivity index (χ2v) is 3.45. The van der Waals surface area contributed by atoms with E-state index >= 15 is 0 Å². The van der Waals surface area contributed by atoms with Crippen LogP contribution in [-0.2, 0) is 0 Å². The third kappa shape index (κ3) is 4.89. The number of pyridine rings is 2. The lowest BCUT2D eigenvalue weighted by Crippen LogP contribution is -1.80. The molecule has 0 saturated heterocycles. The molecule has 0 aromatic carbocycles. The van der Waals surface area contributed by atoms with Gasteiger partial charge in [0.1, 0.15) is 0 Å². The van der Waals surface area contributed by atoms with Gasteiger partial charge in [-0.25, -0.2) is 0 Å². The first-order valence-corrected chi connectivity index (χ1v) is 5.34. The maximum atomic E-state index is 4.08. The highest BCUT2D eigenvalue weighted by Crippen LogP contribution is 2.04. The zero-order chi connectivity index (χ0) is 12.5. The molecule has 0 N–H and O–H groups in total. The molecular formula is C15H16N2. The lowest BCUT2D eigenvalue weighted by Gasteiger charge is -1.93. The molecule has 0 aliphatic carbocycles. The van der Waals surface area contributed by atoms with Gasteiger partial charge in [-0.05, 0) is 42.8 Å². The Morgan fingerprint density at radius 2 is 1.71 bits per heavy atom. The van der Waals surface area contributed by atoms with Crippen LogP contribution in [0, 0.1) is 0 Å². The Bertz CT molecular complexity index is 461. The van der Waals surface area contributed by atoms with Crippen molar-refractivity contribution in [2.45, 2.75) is 6.92 Å². The molecule has 2 rings (SSSR count). The summed E-state index contributed by atoms with van der Waals surface area (Å²) in [4.78, 5) is 8.06. The Balaban J connectivity index is 0.000000171. The minimum absolute atomic E-state index is 0.924. The molecule has 2 nitrogen and oxygen atoms in total. The lowest BCUT2D eigenvalue weighted by molar-refractivity contribution is 1.27. The normalized spacial score (nSPS) is 8.76. The minimum atomic E-state index is 0.924. The number of nitrogens with zero attached hydrogens (tertiary/aromatic N) is 2. The Hall–Kier alpha value is -2.22. The summed E-state index contributed by atoms with van der Waals surface area (Å²) in [5.41, 5.74) is 2.90. The van der Waals surface area contributed by atoms with Gasteiger partial charge >= 0.3 is 0 Å². The average Bonchev–Trinajstić information content (AvgIpc) is 2.41. The Kier molecular flexibility index (Phi) is 5.38. The second kappa shape index (κ2) is 7.12. The van der Waals surface area contributed by atoms with Gasteiger partial charge in [0.2, 0.25) is 0 Å². The van der Waals surface area contributed by atoms with Crippen LogP contribution in [0.1, 0.15) is 18.3 Å². The topological polar surface area (TPSA) is 25.8 Å². The van der Waals surface area contributed by atoms with Crippen LogP contribution in [0.4, 0.5) is 0 Å². The fraction of sp³-hybridized carbons (Fsp3) is 0.0667. The molecular weight excluding hydrogens is 208 g/mol. The third-order valence-corrected chi connectivity index (χ3v) is 2.00. The van der Waals surface area contributed by atoms with Gasteiger partial charge in [-0.3, -0.25) is 9.97 Å². The number of aromatic nitrogens is 2. The standard InChI is InChI=1S/C8H9N.C7H7N/c1-7(2)8-5-3-4-6-9-8;1-2-7-5-3-4-6-8-7/h3-6H,1H2,2H3;2-6H,1H2. The van der Waals surface area contributed by atoms with Crippen molar-refractivity contribution in [3.8, 4) is 0 Å². The van der Waals surface area contributed by atoms with E-state index in [-0.39, 0.29) is 0 Å². The van der Waals surface area contributed by atoms with Gasteiger partial charge in [0.05, 0.1) is 11.4 Å². The summed E-state index contributed by atoms with van der Waals surface area (Å²) in [6.45, 7) is 9.28. The van der Waals surface area contributed by atoms with E-state index in [9.17, 15) is 0 Å². The van der Waals surface area contributed by atoms with Crippen LogP contribution in [0.15, 0.2) is 61.9 Å². The van der Waals surface area contributed by atoms with Gasteiger partial charge in [-0.2, -0.15) is 0 Å². The molecule has 0 amide bonds. The maximum absolute atomic E-state index is 4.08. The number of allylic oxidation sites excluding steroid dienone is 1. The fourth-order valence-corrected chi connectivity index (χ4v) is 1.11. The van der Waals surface area contributed by atoms with Crippen molar-refractivity contribution in [2.24, 2.45) is 0 Å². The van der Waals surface area contributed by atoms with Gasteiger partial charge in [0, 0.05) is 12.4 Å². The van der Waals surface area contributed by atoms with Crippen LogP contribution in [0.3, 0.4) is 0 Å². The van der Waals surface area contributed by atoms with E-state index < -0.39 is 0 Å².